The molecule has 0 saturated carbocycles. The number of aryl methyl sites for hydroxylation is 2. The molecule has 4 aromatic heterocycles. The van der Waals surface area contributed by atoms with E-state index >= 15 is 8.78 Å². The van der Waals surface area contributed by atoms with Crippen LogP contribution in [0, 0.1) is 31.4 Å². The summed E-state index contributed by atoms with van der Waals surface area (Å²) < 4.78 is 44.4. The molecule has 4 aromatic carbocycles. The van der Waals surface area contributed by atoms with Crippen LogP contribution in [0.2, 0.25) is 0 Å². The molecule has 0 bridgehead atoms. The number of esters is 2. The minimum absolute atomic E-state index is 0.00593. The van der Waals surface area contributed by atoms with E-state index in [1.54, 1.807) is 55.9 Å². The van der Waals surface area contributed by atoms with Crippen molar-refractivity contribution in [3.05, 3.63) is 207 Å². The third-order valence-electron chi connectivity index (χ3n) is 29.8. The van der Waals surface area contributed by atoms with Gasteiger partial charge in [0.25, 0.3) is 22.9 Å². The fraction of sp³-hybridized carbons (Fsp3) is 0.477. The molecule has 10 heterocycles. The van der Waals surface area contributed by atoms with Gasteiger partial charge >= 0.3 is 11.9 Å². The molecule has 1 unspecified atom stereocenters. The second-order valence-corrected chi connectivity index (χ2v) is 39.8. The number of aromatic nitrogens is 4. The molecule has 16 rings (SSSR count). The zero-order valence-electron chi connectivity index (χ0n) is 84.6. The number of benzene rings is 4. The van der Waals surface area contributed by atoms with Crippen LogP contribution >= 0.6 is 0 Å². The Kier molecular flexibility index (Phi) is 35.7. The van der Waals surface area contributed by atoms with Gasteiger partial charge in [0, 0.05) is 172 Å². The maximum atomic E-state index is 15.4. The number of ketones is 4. The number of nitrogens with zero attached hydrogens (tertiary/aromatic N) is 6. The zero-order chi connectivity index (χ0) is 106. The van der Waals surface area contributed by atoms with Gasteiger partial charge in [0.15, 0.2) is 34.3 Å². The second kappa shape index (κ2) is 48.8. The number of imide groups is 2. The van der Waals surface area contributed by atoms with Crippen molar-refractivity contribution in [1.29, 1.82) is 0 Å². The summed E-state index contributed by atoms with van der Waals surface area (Å²) >= 11 is 0. The molecule has 8 aromatic rings. The van der Waals surface area contributed by atoms with Crippen LogP contribution in [0.3, 0.4) is 0 Å². The molecular formula is C111H128F2N14O22. The molecule has 10 N–H and O–H groups in total. The number of carbonyl (C=O) groups excluding carboxylic acids is 16. The number of carbonyl (C=O) groups is 16. The molecule has 2 aliphatic carbocycles. The standard InChI is InChI=1S/C56H66FN7O11.C55H62FN7O11/c1-4-56(74)39-27-44-52-37(30-64(44)54(72)38(39)31-75-55(56)73)51-41(18-17-36-33(3)40(57)28-43(62-52)50(36)51)58-22-10-11-23-59-47(68)21-19-45(66)42(26-34-13-7-5-8-14-34)61-48(69)20-16-35(65)29-60-46(67)15-9-6-12-24-63-49(70)25-32(2)53(63)71;1-3-55(73)38-27-43-52-36(30-63(43)53(71)37(38)31-74-54(55)72)51-40(17-16-35-32(2)39(56)28-42(61-52)50(35)51)57-23-9-10-24-58-46(67)20-18-44(65)41(26-33-12-6-4-7-13-33)60-47(68)19-15-34(64)29-59-45(66)14-8-5-11-25-62-48(69)21-22-49(62)70/h5,7-8,13-14,27-28,32,41-42,58,74H,4,6,9-12,15-26,29-31H2,1-3H3,(H,59,68)(H,60,67)(H,61,69);4,6-7,12-13,21-22,27-28,40-41,57,73H,3,5,8-11,14-20,23-26,29-31H2,1-2H3,(H,58,67)(H,59,66)(H,60,68)/t32?,41-,42-,56-;40-,41-,55-/m00/s1. The summed E-state index contributed by atoms with van der Waals surface area (Å²) in [7, 11) is 0. The smallest absolute Gasteiger partial charge is 0.343 e. The fourth-order valence-corrected chi connectivity index (χ4v) is 21.2. The van der Waals surface area contributed by atoms with Crippen molar-refractivity contribution in [2.75, 3.05) is 52.4 Å². The molecule has 0 spiro atoms. The predicted molar refractivity (Wildman–Crippen MR) is 541 cm³/mol. The minimum atomic E-state index is -1.98. The number of hydrogen-bond donors (Lipinski definition) is 10. The van der Waals surface area contributed by atoms with Crippen LogP contribution < -0.4 is 53.7 Å². The first kappa shape index (κ1) is 109. The molecule has 1 fully saturated rings. The van der Waals surface area contributed by atoms with Gasteiger partial charge in [-0.25, -0.2) is 28.3 Å². The first-order chi connectivity index (χ1) is 71.5. The van der Waals surface area contributed by atoms with Crippen molar-refractivity contribution in [3.63, 3.8) is 0 Å². The van der Waals surface area contributed by atoms with Crippen molar-refractivity contribution in [1.82, 2.24) is 71.4 Å². The quantitative estimate of drug-likeness (QED) is 0.00969. The van der Waals surface area contributed by atoms with Gasteiger partial charge < -0.3 is 71.4 Å². The van der Waals surface area contributed by atoms with Gasteiger partial charge in [-0.15, -0.1) is 0 Å². The number of pyridine rings is 4. The van der Waals surface area contributed by atoms with Crippen LogP contribution in [0.15, 0.2) is 107 Å². The third-order valence-corrected chi connectivity index (χ3v) is 29.8. The van der Waals surface area contributed by atoms with Crippen LogP contribution in [0.25, 0.3) is 44.6 Å². The maximum absolute atomic E-state index is 15.4. The van der Waals surface area contributed by atoms with E-state index in [2.05, 4.69) is 42.5 Å². The summed E-state index contributed by atoms with van der Waals surface area (Å²) in [5.74, 6) is -7.38. The first-order valence-corrected chi connectivity index (χ1v) is 51.9. The molecule has 7 atom stereocenters. The SMILES string of the molecule is CC[C@@]1(O)C(=O)OCc2c1cc1n(c2=O)Cc2c-1nc1cc(F)c(C)c3c1c2[C@@H](NCCCCNC(=O)CCC(=O)[C@H](Cc1ccccc1)NC(=O)CCC(=O)CNC(=O)CCCCCN1C(=O)C=CC1=O)CC3.CC[C@@]1(O)C(=O)OCc2c1cc1n(c2=O)Cc2c-1nc1cc(F)c(C)c3c1c2[C@@H](NCCCCNC(=O)CCC(=O)[C@H](Cc1ccccc1)NC(=O)CCC(=O)CNC(=O)CCCCCN1C(=O)CC(C)C1=O)CC3. The van der Waals surface area contributed by atoms with E-state index in [-0.39, 0.29) is 276 Å². The van der Waals surface area contributed by atoms with Gasteiger partial charge in [-0.3, -0.25) is 86.5 Å². The fourth-order valence-electron chi connectivity index (χ4n) is 21.2. The van der Waals surface area contributed by atoms with Crippen molar-refractivity contribution in [2.24, 2.45) is 5.92 Å². The lowest BCUT2D eigenvalue weighted by Crippen LogP contribution is -2.44. The average Bonchev–Trinajstić information content (AvgIpc) is 1.50. The highest BCUT2D eigenvalue weighted by molar-refractivity contribution is 6.13. The number of amides is 10. The van der Waals surface area contributed by atoms with E-state index < -0.39 is 47.0 Å². The maximum Gasteiger partial charge on any atom is 0.343 e. The Labute approximate surface area is 859 Å². The van der Waals surface area contributed by atoms with Gasteiger partial charge in [0.05, 0.1) is 83.2 Å². The Morgan fingerprint density at radius 2 is 0.852 bits per heavy atom. The van der Waals surface area contributed by atoms with Gasteiger partial charge in [0.1, 0.15) is 24.8 Å². The van der Waals surface area contributed by atoms with Crippen molar-refractivity contribution in [2.45, 2.75) is 282 Å². The van der Waals surface area contributed by atoms with Crippen LogP contribution in [0.4, 0.5) is 8.78 Å². The number of fused-ring (bicyclic) bond motifs is 10. The Morgan fingerprint density at radius 1 is 0.456 bits per heavy atom. The highest BCUT2D eigenvalue weighted by Gasteiger charge is 2.49. The lowest BCUT2D eigenvalue weighted by molar-refractivity contribution is -0.172. The highest BCUT2D eigenvalue weighted by atomic mass is 19.1. The molecule has 6 aliphatic heterocycles. The molecule has 36 nitrogen and oxygen atoms in total. The van der Waals surface area contributed by atoms with Crippen LogP contribution in [0.5, 0.6) is 0 Å². The topological polar surface area (TPSA) is 505 Å². The van der Waals surface area contributed by atoms with Crippen molar-refractivity contribution >= 4 is 116 Å². The number of unbranched alkanes of at least 4 members (excludes halogenated alkanes) is 6. The summed E-state index contributed by atoms with van der Waals surface area (Å²) in [5.41, 5.74) is 6.94. The summed E-state index contributed by atoms with van der Waals surface area (Å²) in [4.78, 5) is 242. The van der Waals surface area contributed by atoms with Crippen molar-refractivity contribution in [3.8, 4) is 22.8 Å². The molecule has 10 amide bonds. The Hall–Kier alpha value is -14.2. The molecule has 8 aliphatic rings. The van der Waals surface area contributed by atoms with E-state index in [1.807, 2.05) is 60.7 Å². The normalized spacial score (nSPS) is 18.2. The van der Waals surface area contributed by atoms with Gasteiger partial charge in [-0.1, -0.05) is 94.3 Å². The highest BCUT2D eigenvalue weighted by Crippen LogP contribution is 2.49. The number of aliphatic hydroxyl groups is 2. The molecule has 788 valence electrons. The summed E-state index contributed by atoms with van der Waals surface area (Å²) in [5, 5.41) is 48.2. The third kappa shape index (κ3) is 25.0. The monoisotopic (exact) mass is 2050 g/mol. The van der Waals surface area contributed by atoms with Gasteiger partial charge in [0.2, 0.25) is 47.3 Å². The largest absolute Gasteiger partial charge is 0.458 e. The van der Waals surface area contributed by atoms with Crippen LogP contribution in [-0.2, 0) is 149 Å². The number of cyclic esters (lactones) is 2. The van der Waals surface area contributed by atoms with Crippen LogP contribution in [0.1, 0.15) is 271 Å². The van der Waals surface area contributed by atoms with Crippen molar-refractivity contribution < 1.29 is 105 Å². The lowest BCUT2D eigenvalue weighted by atomic mass is 9.81. The Morgan fingerprint density at radius 3 is 1.26 bits per heavy atom. The number of likely N-dealkylation sites (tertiary alicyclic amines) is 1. The van der Waals surface area contributed by atoms with E-state index in [0.29, 0.717) is 168 Å². The molecule has 0 radical (unpaired) electrons. The Bertz CT molecular complexity index is 6780. The Balaban J connectivity index is 0.000000223. The summed E-state index contributed by atoms with van der Waals surface area (Å²) in [6, 6.07) is 22.2. The first-order valence-electron chi connectivity index (χ1n) is 51.9. The average molecular weight is 2050 g/mol. The molecule has 38 heteroatoms. The predicted octanol–water partition coefficient (Wildman–Crippen LogP) is 8.53. The zero-order valence-corrected chi connectivity index (χ0v) is 84.6. The van der Waals surface area contributed by atoms with E-state index in [0.717, 1.165) is 60.2 Å². The minimum Gasteiger partial charge on any atom is -0.458 e. The van der Waals surface area contributed by atoms with E-state index in [1.165, 1.54) is 29.2 Å². The molecular weight excluding hydrogens is 1920 g/mol. The lowest BCUT2D eigenvalue weighted by Gasteiger charge is -2.31. The number of halogens is 2. The summed E-state index contributed by atoms with van der Waals surface area (Å²) in [6.45, 7) is 10.4. The molecule has 149 heavy (non-hydrogen) atoms. The van der Waals surface area contributed by atoms with E-state index in [9.17, 15) is 96.5 Å². The summed E-state index contributed by atoms with van der Waals surface area (Å²) in [6.07, 6.45) is 10.9. The molecule has 1 saturated heterocycles. The number of Topliss-reactive ketones (excluding diaryl/α,β-unsaturated/α-hetero) is 4. The van der Waals surface area contributed by atoms with E-state index in [4.69, 9.17) is 19.4 Å². The van der Waals surface area contributed by atoms with Crippen LogP contribution in [-0.4, -0.2) is 198 Å². The second-order valence-electron chi connectivity index (χ2n) is 39.8. The number of nitrogens with one attached hydrogen (secondary N) is 8. The number of ether oxygens (including phenoxy) is 2. The number of rotatable bonds is 50. The van der Waals surface area contributed by atoms with Gasteiger partial charge in [-0.05, 0) is 186 Å². The number of hydrogen-bond acceptors (Lipinski definition) is 26. The van der Waals surface area contributed by atoms with Gasteiger partial charge in [-0.2, -0.15) is 0 Å².